The van der Waals surface area contributed by atoms with Crippen molar-refractivity contribution >= 4 is 23.1 Å². The second-order valence-corrected chi connectivity index (χ2v) is 7.06. The summed E-state index contributed by atoms with van der Waals surface area (Å²) >= 11 is 3.25. The van der Waals surface area contributed by atoms with E-state index in [0.29, 0.717) is 5.75 Å². The first-order valence-electron chi connectivity index (χ1n) is 7.41. The molecule has 0 aliphatic rings. The first-order chi connectivity index (χ1) is 11.8. The van der Waals surface area contributed by atoms with Crippen LogP contribution in [0.15, 0.2) is 63.6 Å². The van der Waals surface area contributed by atoms with E-state index in [1.165, 1.54) is 0 Å². The highest BCUT2D eigenvalue weighted by molar-refractivity contribution is 7.98. The Morgan fingerprint density at radius 1 is 1.12 bits per heavy atom. The summed E-state index contributed by atoms with van der Waals surface area (Å²) < 4.78 is 7.21. The van der Waals surface area contributed by atoms with Gasteiger partial charge in [0.25, 0.3) is 0 Å². The number of benzene rings is 1. The minimum absolute atomic E-state index is 0.687. The molecule has 24 heavy (non-hydrogen) atoms. The van der Waals surface area contributed by atoms with Crippen LogP contribution in [-0.4, -0.2) is 19.9 Å². The summed E-state index contributed by atoms with van der Waals surface area (Å²) in [4.78, 5) is 1.09. The standard InChI is InChI=1S/C17H14N4OS2/c1-12-10-13(20-22-12)11-24-17-19-18-16(15-8-5-9-23-15)21(17)14-6-3-2-4-7-14/h2-10H,11H2,1H3. The molecule has 0 aliphatic carbocycles. The number of thioether (sulfide) groups is 1. The van der Waals surface area contributed by atoms with Crippen LogP contribution in [0.5, 0.6) is 0 Å². The van der Waals surface area contributed by atoms with Crippen molar-refractivity contribution < 1.29 is 4.52 Å². The third kappa shape index (κ3) is 3.00. The lowest BCUT2D eigenvalue weighted by molar-refractivity contribution is 0.393. The summed E-state index contributed by atoms with van der Waals surface area (Å²) in [5.41, 5.74) is 1.95. The van der Waals surface area contributed by atoms with E-state index in [1.807, 2.05) is 42.6 Å². The van der Waals surface area contributed by atoms with Crippen molar-refractivity contribution in [1.82, 2.24) is 19.9 Å². The van der Waals surface area contributed by atoms with Crippen LogP contribution in [0.2, 0.25) is 0 Å². The van der Waals surface area contributed by atoms with Crippen molar-refractivity contribution in [3.05, 3.63) is 65.4 Å². The van der Waals surface area contributed by atoms with Crippen molar-refractivity contribution in [2.45, 2.75) is 17.8 Å². The predicted molar refractivity (Wildman–Crippen MR) is 95.5 cm³/mol. The van der Waals surface area contributed by atoms with Gasteiger partial charge in [-0.3, -0.25) is 4.57 Å². The quantitative estimate of drug-likeness (QED) is 0.491. The van der Waals surface area contributed by atoms with E-state index in [2.05, 4.69) is 38.1 Å². The maximum Gasteiger partial charge on any atom is 0.196 e. The molecule has 5 nitrogen and oxygen atoms in total. The maximum absolute atomic E-state index is 5.13. The van der Waals surface area contributed by atoms with E-state index in [0.717, 1.165) is 33.0 Å². The fourth-order valence-corrected chi connectivity index (χ4v) is 3.89. The Labute approximate surface area is 147 Å². The molecule has 4 rings (SSSR count). The molecule has 3 heterocycles. The molecule has 0 aliphatic heterocycles. The van der Waals surface area contributed by atoms with Crippen LogP contribution in [0.1, 0.15) is 11.5 Å². The van der Waals surface area contributed by atoms with Crippen LogP contribution in [0.25, 0.3) is 16.4 Å². The molecule has 0 saturated heterocycles. The summed E-state index contributed by atoms with van der Waals surface area (Å²) in [6.45, 7) is 1.89. The maximum atomic E-state index is 5.13. The van der Waals surface area contributed by atoms with Crippen LogP contribution in [-0.2, 0) is 5.75 Å². The number of aryl methyl sites for hydroxylation is 1. The van der Waals surface area contributed by atoms with Gasteiger partial charge in [0.05, 0.1) is 10.6 Å². The number of hydrogen-bond acceptors (Lipinski definition) is 6. The fourth-order valence-electron chi connectivity index (χ4n) is 2.36. The Kier molecular flexibility index (Phi) is 4.18. The predicted octanol–water partition coefficient (Wildman–Crippen LogP) is 4.58. The summed E-state index contributed by atoms with van der Waals surface area (Å²) in [5, 5.41) is 15.7. The molecule has 0 amide bonds. The Bertz CT molecular complexity index is 929. The molecule has 0 N–H and O–H groups in total. The molecule has 7 heteroatoms. The van der Waals surface area contributed by atoms with Gasteiger partial charge in [0.1, 0.15) is 5.76 Å². The summed E-state index contributed by atoms with van der Waals surface area (Å²) in [6, 6.07) is 16.2. The zero-order chi connectivity index (χ0) is 16.4. The number of nitrogens with zero attached hydrogens (tertiary/aromatic N) is 4. The van der Waals surface area contributed by atoms with Crippen molar-refractivity contribution in [1.29, 1.82) is 0 Å². The highest BCUT2D eigenvalue weighted by Crippen LogP contribution is 2.31. The molecule has 4 aromatic rings. The van der Waals surface area contributed by atoms with Gasteiger partial charge in [-0.2, -0.15) is 0 Å². The highest BCUT2D eigenvalue weighted by atomic mass is 32.2. The molecule has 0 atom stereocenters. The third-order valence-corrected chi connectivity index (χ3v) is 5.24. The van der Waals surface area contributed by atoms with E-state index in [-0.39, 0.29) is 0 Å². The van der Waals surface area contributed by atoms with Gasteiger partial charge in [0, 0.05) is 17.5 Å². The van der Waals surface area contributed by atoms with Gasteiger partial charge in [-0.15, -0.1) is 21.5 Å². The topological polar surface area (TPSA) is 56.7 Å². The molecular formula is C17H14N4OS2. The SMILES string of the molecule is Cc1cc(CSc2nnc(-c3cccs3)n2-c2ccccc2)no1. The van der Waals surface area contributed by atoms with Crippen LogP contribution in [0.3, 0.4) is 0 Å². The van der Waals surface area contributed by atoms with E-state index in [1.54, 1.807) is 23.1 Å². The third-order valence-electron chi connectivity index (χ3n) is 3.42. The first-order valence-corrected chi connectivity index (χ1v) is 9.27. The zero-order valence-corrected chi connectivity index (χ0v) is 14.5. The Morgan fingerprint density at radius 3 is 2.71 bits per heavy atom. The van der Waals surface area contributed by atoms with E-state index in [9.17, 15) is 0 Å². The number of rotatable bonds is 5. The van der Waals surface area contributed by atoms with Crippen LogP contribution < -0.4 is 0 Å². The monoisotopic (exact) mass is 354 g/mol. The van der Waals surface area contributed by atoms with Gasteiger partial charge in [-0.25, -0.2) is 0 Å². The zero-order valence-electron chi connectivity index (χ0n) is 12.9. The van der Waals surface area contributed by atoms with E-state index >= 15 is 0 Å². The summed E-state index contributed by atoms with van der Waals surface area (Å²) in [7, 11) is 0. The van der Waals surface area contributed by atoms with Gasteiger partial charge in [0.15, 0.2) is 11.0 Å². The Balaban J connectivity index is 1.71. The lowest BCUT2D eigenvalue weighted by Gasteiger charge is -2.08. The van der Waals surface area contributed by atoms with Crippen molar-refractivity contribution in [2.24, 2.45) is 0 Å². The average molecular weight is 354 g/mol. The fraction of sp³-hybridized carbons (Fsp3) is 0.118. The number of para-hydroxylation sites is 1. The lowest BCUT2D eigenvalue weighted by Crippen LogP contribution is -1.98. The minimum Gasteiger partial charge on any atom is -0.361 e. The van der Waals surface area contributed by atoms with Gasteiger partial charge >= 0.3 is 0 Å². The van der Waals surface area contributed by atoms with Crippen LogP contribution in [0, 0.1) is 6.92 Å². The number of hydrogen-bond donors (Lipinski definition) is 0. The van der Waals surface area contributed by atoms with Gasteiger partial charge in [0.2, 0.25) is 0 Å². The van der Waals surface area contributed by atoms with Gasteiger partial charge in [-0.1, -0.05) is 41.2 Å². The normalized spacial score (nSPS) is 11.0. The minimum atomic E-state index is 0.687. The molecule has 0 bridgehead atoms. The summed E-state index contributed by atoms with van der Waals surface area (Å²) in [6.07, 6.45) is 0. The molecule has 0 fully saturated rings. The second-order valence-electron chi connectivity index (χ2n) is 5.17. The van der Waals surface area contributed by atoms with Crippen molar-refractivity contribution in [2.75, 3.05) is 0 Å². The molecule has 0 spiro atoms. The van der Waals surface area contributed by atoms with E-state index < -0.39 is 0 Å². The molecule has 0 unspecified atom stereocenters. The van der Waals surface area contributed by atoms with Gasteiger partial charge < -0.3 is 4.52 Å². The number of thiophene rings is 1. The molecule has 1 aromatic carbocycles. The van der Waals surface area contributed by atoms with E-state index in [4.69, 9.17) is 4.52 Å². The first kappa shape index (κ1) is 15.2. The smallest absolute Gasteiger partial charge is 0.196 e. The average Bonchev–Trinajstić information content (AvgIpc) is 3.34. The molecular weight excluding hydrogens is 340 g/mol. The molecule has 0 saturated carbocycles. The van der Waals surface area contributed by atoms with Crippen LogP contribution in [0.4, 0.5) is 0 Å². The van der Waals surface area contributed by atoms with Crippen molar-refractivity contribution in [3.8, 4) is 16.4 Å². The lowest BCUT2D eigenvalue weighted by atomic mass is 10.3. The van der Waals surface area contributed by atoms with Crippen molar-refractivity contribution in [3.63, 3.8) is 0 Å². The second kappa shape index (κ2) is 6.62. The largest absolute Gasteiger partial charge is 0.361 e. The van der Waals surface area contributed by atoms with Gasteiger partial charge in [-0.05, 0) is 30.5 Å². The molecule has 3 aromatic heterocycles. The Morgan fingerprint density at radius 2 is 2.00 bits per heavy atom. The highest BCUT2D eigenvalue weighted by Gasteiger charge is 2.17. The molecule has 0 radical (unpaired) electrons. The van der Waals surface area contributed by atoms with Crippen LogP contribution >= 0.6 is 23.1 Å². The Hall–Kier alpha value is -2.38. The molecule has 120 valence electrons. The number of aromatic nitrogens is 4. The summed E-state index contributed by atoms with van der Waals surface area (Å²) in [5.74, 6) is 2.36.